The quantitative estimate of drug-likeness (QED) is 0.810. The van der Waals surface area contributed by atoms with E-state index in [-0.39, 0.29) is 0 Å². The summed E-state index contributed by atoms with van der Waals surface area (Å²) in [6.45, 7) is 4.22. The van der Waals surface area contributed by atoms with E-state index in [9.17, 15) is 0 Å². The maximum atomic E-state index is 5.61. The van der Waals surface area contributed by atoms with E-state index in [1.165, 1.54) is 0 Å². The van der Waals surface area contributed by atoms with E-state index in [0.717, 1.165) is 11.5 Å². The molecule has 0 atom stereocenters. The molecule has 0 unspecified atom stereocenters. The molecule has 0 saturated heterocycles. The molecule has 78 valence electrons. The summed E-state index contributed by atoms with van der Waals surface area (Å²) in [7, 11) is 0. The Bertz CT molecular complexity index is 459. The van der Waals surface area contributed by atoms with Crippen LogP contribution >= 0.6 is 0 Å². The van der Waals surface area contributed by atoms with Gasteiger partial charge in [0.15, 0.2) is 5.82 Å². The van der Waals surface area contributed by atoms with Crippen LogP contribution in [0.5, 0.6) is 0 Å². The van der Waals surface area contributed by atoms with Gasteiger partial charge in [0.25, 0.3) is 0 Å². The Balaban J connectivity index is 2.37. The average Bonchev–Trinajstić information content (AvgIpc) is 2.66. The van der Waals surface area contributed by atoms with Crippen LogP contribution in [0.1, 0.15) is 25.5 Å². The molecular weight excluding hydrogens is 188 g/mol. The van der Waals surface area contributed by atoms with Gasteiger partial charge < -0.3 is 5.73 Å². The molecule has 2 heterocycles. The second-order valence-corrected chi connectivity index (χ2v) is 3.76. The molecule has 15 heavy (non-hydrogen) atoms. The molecule has 0 aromatic carbocycles. The van der Waals surface area contributed by atoms with Crippen LogP contribution in [-0.4, -0.2) is 14.8 Å². The maximum absolute atomic E-state index is 5.61. The smallest absolute Gasteiger partial charge is 0.155 e. The first-order valence-electron chi connectivity index (χ1n) is 4.95. The summed E-state index contributed by atoms with van der Waals surface area (Å²) in [4.78, 5) is 4.19. The minimum Gasteiger partial charge on any atom is -0.384 e. The monoisotopic (exact) mass is 202 g/mol. The fourth-order valence-electron chi connectivity index (χ4n) is 1.34. The molecule has 0 aliphatic rings. The van der Waals surface area contributed by atoms with E-state index in [1.54, 1.807) is 10.7 Å². The number of hydrogen-bond acceptors (Lipinski definition) is 3. The lowest BCUT2D eigenvalue weighted by atomic mass is 10.1. The van der Waals surface area contributed by atoms with E-state index in [2.05, 4.69) is 23.9 Å². The van der Waals surface area contributed by atoms with Crippen molar-refractivity contribution >= 4 is 5.82 Å². The topological polar surface area (TPSA) is 56.7 Å². The van der Waals surface area contributed by atoms with Crippen LogP contribution in [0, 0.1) is 0 Å². The zero-order valence-corrected chi connectivity index (χ0v) is 8.88. The number of anilines is 1. The number of nitrogen functional groups attached to an aromatic ring is 1. The van der Waals surface area contributed by atoms with E-state index in [0.29, 0.717) is 11.7 Å². The van der Waals surface area contributed by atoms with E-state index >= 15 is 0 Å². The number of hydrogen-bond donors (Lipinski definition) is 1. The van der Waals surface area contributed by atoms with Crippen molar-refractivity contribution in [2.75, 3.05) is 5.73 Å². The fraction of sp³-hybridized carbons (Fsp3) is 0.273. The fourth-order valence-corrected chi connectivity index (χ4v) is 1.34. The normalized spacial score (nSPS) is 10.9. The standard InChI is InChI=1S/C11H14N4/c1-8(2)9-6-7-15(14-9)11-5-3-4-10(12)13-11/h3-8H,1-2H3,(H2,12,13). The van der Waals surface area contributed by atoms with Crippen LogP contribution in [0.4, 0.5) is 5.82 Å². The van der Waals surface area contributed by atoms with Gasteiger partial charge in [0.1, 0.15) is 5.82 Å². The summed E-state index contributed by atoms with van der Waals surface area (Å²) in [5.41, 5.74) is 6.67. The van der Waals surface area contributed by atoms with E-state index < -0.39 is 0 Å². The summed E-state index contributed by atoms with van der Waals surface area (Å²) in [5, 5.41) is 4.42. The van der Waals surface area contributed by atoms with Gasteiger partial charge in [-0.1, -0.05) is 19.9 Å². The Labute approximate surface area is 88.8 Å². The first-order chi connectivity index (χ1) is 7.16. The van der Waals surface area contributed by atoms with Crippen molar-refractivity contribution in [3.05, 3.63) is 36.2 Å². The SMILES string of the molecule is CC(C)c1ccn(-c2cccc(N)n2)n1. The van der Waals surface area contributed by atoms with Gasteiger partial charge in [0.2, 0.25) is 0 Å². The third kappa shape index (κ3) is 1.98. The largest absolute Gasteiger partial charge is 0.384 e. The van der Waals surface area contributed by atoms with Crippen LogP contribution in [0.2, 0.25) is 0 Å². The highest BCUT2D eigenvalue weighted by Crippen LogP contribution is 2.13. The maximum Gasteiger partial charge on any atom is 0.155 e. The van der Waals surface area contributed by atoms with Crippen molar-refractivity contribution < 1.29 is 0 Å². The Morgan fingerprint density at radius 3 is 2.67 bits per heavy atom. The molecule has 2 aromatic heterocycles. The molecule has 4 heteroatoms. The molecule has 0 aliphatic carbocycles. The highest BCUT2D eigenvalue weighted by Gasteiger charge is 2.05. The predicted octanol–water partition coefficient (Wildman–Crippen LogP) is 1.97. The summed E-state index contributed by atoms with van der Waals surface area (Å²) in [6.07, 6.45) is 1.90. The third-order valence-corrected chi connectivity index (χ3v) is 2.19. The Morgan fingerprint density at radius 1 is 1.27 bits per heavy atom. The highest BCUT2D eigenvalue weighted by atomic mass is 15.3. The lowest BCUT2D eigenvalue weighted by Crippen LogP contribution is -2.01. The van der Waals surface area contributed by atoms with E-state index in [4.69, 9.17) is 5.73 Å². The third-order valence-electron chi connectivity index (χ3n) is 2.19. The van der Waals surface area contributed by atoms with Crippen LogP contribution in [0.15, 0.2) is 30.5 Å². The van der Waals surface area contributed by atoms with Crippen molar-refractivity contribution in [2.24, 2.45) is 0 Å². The van der Waals surface area contributed by atoms with Crippen LogP contribution in [0.3, 0.4) is 0 Å². The van der Waals surface area contributed by atoms with Crippen molar-refractivity contribution in [2.45, 2.75) is 19.8 Å². The highest BCUT2D eigenvalue weighted by molar-refractivity contribution is 5.34. The molecule has 0 amide bonds. The average molecular weight is 202 g/mol. The molecule has 2 aromatic rings. The Morgan fingerprint density at radius 2 is 2.07 bits per heavy atom. The summed E-state index contributed by atoms with van der Waals surface area (Å²) in [5.74, 6) is 1.68. The minimum absolute atomic E-state index is 0.423. The van der Waals surface area contributed by atoms with Gasteiger partial charge in [-0.3, -0.25) is 0 Å². The lowest BCUT2D eigenvalue weighted by molar-refractivity contribution is 0.758. The molecule has 0 spiro atoms. The molecule has 2 rings (SSSR count). The van der Waals surface area contributed by atoms with Gasteiger partial charge in [-0.15, -0.1) is 0 Å². The zero-order chi connectivity index (χ0) is 10.8. The second kappa shape index (κ2) is 3.73. The summed E-state index contributed by atoms with van der Waals surface area (Å²) < 4.78 is 1.74. The van der Waals surface area contributed by atoms with Crippen LogP contribution in [0.25, 0.3) is 5.82 Å². The number of rotatable bonds is 2. The lowest BCUT2D eigenvalue weighted by Gasteiger charge is -2.01. The van der Waals surface area contributed by atoms with Crippen molar-refractivity contribution in [1.29, 1.82) is 0 Å². The van der Waals surface area contributed by atoms with Gasteiger partial charge >= 0.3 is 0 Å². The van der Waals surface area contributed by atoms with Gasteiger partial charge in [0.05, 0.1) is 5.69 Å². The summed E-state index contributed by atoms with van der Waals surface area (Å²) >= 11 is 0. The first kappa shape index (κ1) is 9.71. The second-order valence-electron chi connectivity index (χ2n) is 3.76. The number of nitrogens with zero attached hydrogens (tertiary/aromatic N) is 3. The molecular formula is C11H14N4. The molecule has 4 nitrogen and oxygen atoms in total. The van der Waals surface area contributed by atoms with Gasteiger partial charge in [0, 0.05) is 6.20 Å². The Kier molecular flexibility index (Phi) is 2.41. The first-order valence-corrected chi connectivity index (χ1v) is 4.95. The number of aromatic nitrogens is 3. The van der Waals surface area contributed by atoms with Gasteiger partial charge in [-0.05, 0) is 24.1 Å². The van der Waals surface area contributed by atoms with Crippen molar-refractivity contribution in [1.82, 2.24) is 14.8 Å². The summed E-state index contributed by atoms with van der Waals surface area (Å²) in [6, 6.07) is 7.51. The molecule has 0 aliphatic heterocycles. The molecule has 0 bridgehead atoms. The van der Waals surface area contributed by atoms with Crippen LogP contribution < -0.4 is 5.73 Å². The van der Waals surface area contributed by atoms with Gasteiger partial charge in [-0.25, -0.2) is 9.67 Å². The van der Waals surface area contributed by atoms with Crippen molar-refractivity contribution in [3.8, 4) is 5.82 Å². The molecule has 0 radical (unpaired) electrons. The number of nitrogens with two attached hydrogens (primary N) is 1. The van der Waals surface area contributed by atoms with Crippen molar-refractivity contribution in [3.63, 3.8) is 0 Å². The minimum atomic E-state index is 0.423. The molecule has 0 fully saturated rings. The Hall–Kier alpha value is -1.84. The predicted molar refractivity (Wildman–Crippen MR) is 59.9 cm³/mol. The molecule has 2 N–H and O–H groups in total. The van der Waals surface area contributed by atoms with Gasteiger partial charge in [-0.2, -0.15) is 5.10 Å². The number of pyridine rings is 1. The molecule has 0 saturated carbocycles. The zero-order valence-electron chi connectivity index (χ0n) is 8.88. The van der Waals surface area contributed by atoms with E-state index in [1.807, 2.05) is 24.4 Å². The van der Waals surface area contributed by atoms with Crippen LogP contribution in [-0.2, 0) is 0 Å².